The molecule has 1 aliphatic rings. The number of aromatic nitrogens is 1. The maximum Gasteiger partial charge on any atom is 0.227 e. The molecule has 1 amide bonds. The first-order chi connectivity index (χ1) is 11.0. The van der Waals surface area contributed by atoms with Gasteiger partial charge < -0.3 is 14.2 Å². The van der Waals surface area contributed by atoms with E-state index in [4.69, 9.17) is 9.26 Å². The summed E-state index contributed by atoms with van der Waals surface area (Å²) >= 11 is 0. The van der Waals surface area contributed by atoms with Gasteiger partial charge >= 0.3 is 0 Å². The molecule has 5 nitrogen and oxygen atoms in total. The van der Waals surface area contributed by atoms with Crippen molar-refractivity contribution in [3.8, 4) is 0 Å². The van der Waals surface area contributed by atoms with Crippen molar-refractivity contribution in [2.75, 3.05) is 19.7 Å². The SMILES string of the molecule is Cc1noc(C)c1CC(=O)N1CCO[C@H](c2ccc(F)cc2)C1. The van der Waals surface area contributed by atoms with Crippen molar-refractivity contribution >= 4 is 5.91 Å². The van der Waals surface area contributed by atoms with Crippen molar-refractivity contribution < 1.29 is 18.4 Å². The molecule has 1 aromatic heterocycles. The van der Waals surface area contributed by atoms with Crippen molar-refractivity contribution in [1.29, 1.82) is 0 Å². The summed E-state index contributed by atoms with van der Waals surface area (Å²) < 4.78 is 23.8. The first-order valence-electron chi connectivity index (χ1n) is 7.61. The van der Waals surface area contributed by atoms with E-state index in [9.17, 15) is 9.18 Å². The molecule has 3 rings (SSSR count). The number of morpholine rings is 1. The second kappa shape index (κ2) is 6.50. The summed E-state index contributed by atoms with van der Waals surface area (Å²) in [6.45, 7) is 5.13. The zero-order chi connectivity index (χ0) is 16.4. The van der Waals surface area contributed by atoms with Gasteiger partial charge in [-0.05, 0) is 31.5 Å². The first-order valence-corrected chi connectivity index (χ1v) is 7.61. The van der Waals surface area contributed by atoms with E-state index >= 15 is 0 Å². The zero-order valence-corrected chi connectivity index (χ0v) is 13.2. The lowest BCUT2D eigenvalue weighted by atomic mass is 10.1. The maximum absolute atomic E-state index is 13.0. The van der Waals surface area contributed by atoms with Gasteiger partial charge in [-0.15, -0.1) is 0 Å². The normalized spacial score (nSPS) is 18.2. The van der Waals surface area contributed by atoms with Crippen LogP contribution in [0.4, 0.5) is 4.39 Å². The van der Waals surface area contributed by atoms with Crippen LogP contribution in [0.2, 0.25) is 0 Å². The Kier molecular flexibility index (Phi) is 4.43. The Morgan fingerprint density at radius 1 is 1.35 bits per heavy atom. The molecule has 122 valence electrons. The molecule has 1 aromatic carbocycles. The van der Waals surface area contributed by atoms with Gasteiger partial charge in [0.15, 0.2) is 0 Å². The molecular weight excluding hydrogens is 299 g/mol. The number of ether oxygens (including phenoxy) is 1. The average molecular weight is 318 g/mol. The number of carbonyl (C=O) groups is 1. The van der Waals surface area contributed by atoms with Crippen LogP contribution in [-0.4, -0.2) is 35.7 Å². The quantitative estimate of drug-likeness (QED) is 0.873. The highest BCUT2D eigenvalue weighted by Gasteiger charge is 2.26. The lowest BCUT2D eigenvalue weighted by molar-refractivity contribution is -0.138. The van der Waals surface area contributed by atoms with Crippen LogP contribution in [0.5, 0.6) is 0 Å². The van der Waals surface area contributed by atoms with Gasteiger partial charge in [-0.25, -0.2) is 4.39 Å². The topological polar surface area (TPSA) is 55.6 Å². The Hall–Kier alpha value is -2.21. The summed E-state index contributed by atoms with van der Waals surface area (Å²) in [4.78, 5) is 14.3. The van der Waals surface area contributed by atoms with Crippen LogP contribution in [0.25, 0.3) is 0 Å². The van der Waals surface area contributed by atoms with E-state index in [1.165, 1.54) is 12.1 Å². The largest absolute Gasteiger partial charge is 0.370 e. The summed E-state index contributed by atoms with van der Waals surface area (Å²) in [6.07, 6.45) is 0.0510. The molecule has 1 saturated heterocycles. The number of rotatable bonds is 3. The van der Waals surface area contributed by atoms with Gasteiger partial charge in [0, 0.05) is 12.1 Å². The summed E-state index contributed by atoms with van der Waals surface area (Å²) in [7, 11) is 0. The minimum absolute atomic E-state index is 0.0230. The lowest BCUT2D eigenvalue weighted by Gasteiger charge is -2.33. The molecule has 1 atom stereocenters. The lowest BCUT2D eigenvalue weighted by Crippen LogP contribution is -2.43. The van der Waals surface area contributed by atoms with Crippen LogP contribution in [0, 0.1) is 19.7 Å². The summed E-state index contributed by atoms with van der Waals surface area (Å²) in [5.41, 5.74) is 2.47. The summed E-state index contributed by atoms with van der Waals surface area (Å²) in [5, 5.41) is 3.88. The predicted molar refractivity (Wildman–Crippen MR) is 81.4 cm³/mol. The van der Waals surface area contributed by atoms with Gasteiger partial charge in [-0.3, -0.25) is 4.79 Å². The second-order valence-electron chi connectivity index (χ2n) is 5.73. The van der Waals surface area contributed by atoms with Gasteiger partial charge in [0.25, 0.3) is 0 Å². The average Bonchev–Trinajstić information content (AvgIpc) is 2.87. The van der Waals surface area contributed by atoms with Crippen molar-refractivity contribution in [2.24, 2.45) is 0 Å². The van der Waals surface area contributed by atoms with Crippen LogP contribution in [0.1, 0.15) is 28.7 Å². The molecule has 0 spiro atoms. The fourth-order valence-electron chi connectivity index (χ4n) is 2.77. The Morgan fingerprint density at radius 3 is 2.74 bits per heavy atom. The van der Waals surface area contributed by atoms with Crippen molar-refractivity contribution in [3.63, 3.8) is 0 Å². The minimum atomic E-state index is -0.282. The number of hydrogen-bond donors (Lipinski definition) is 0. The number of amides is 1. The number of halogens is 1. The molecule has 0 aliphatic carbocycles. The number of aryl methyl sites for hydroxylation is 2. The van der Waals surface area contributed by atoms with Crippen molar-refractivity contribution in [3.05, 3.63) is 52.7 Å². The molecule has 1 fully saturated rings. The van der Waals surface area contributed by atoms with Crippen LogP contribution in [0.3, 0.4) is 0 Å². The van der Waals surface area contributed by atoms with Gasteiger partial charge in [-0.2, -0.15) is 0 Å². The monoisotopic (exact) mass is 318 g/mol. The summed E-state index contributed by atoms with van der Waals surface area (Å²) in [5.74, 6) is 0.421. The van der Waals surface area contributed by atoms with Crippen LogP contribution in [0.15, 0.2) is 28.8 Å². The Labute approximate surface area is 134 Å². The molecular formula is C17H19FN2O3. The maximum atomic E-state index is 13.0. The highest BCUT2D eigenvalue weighted by molar-refractivity contribution is 5.79. The Balaban J connectivity index is 1.68. The third kappa shape index (κ3) is 3.42. The highest BCUT2D eigenvalue weighted by atomic mass is 19.1. The fraction of sp³-hybridized carbons (Fsp3) is 0.412. The molecule has 6 heteroatoms. The molecule has 1 aliphatic heterocycles. The van der Waals surface area contributed by atoms with E-state index in [2.05, 4.69) is 5.16 Å². The van der Waals surface area contributed by atoms with E-state index in [0.717, 1.165) is 16.8 Å². The van der Waals surface area contributed by atoms with Crippen molar-refractivity contribution in [2.45, 2.75) is 26.4 Å². The standard InChI is InChI=1S/C17H19FN2O3/c1-11-15(12(2)23-19-11)9-17(21)20-7-8-22-16(10-20)13-3-5-14(18)6-4-13/h3-6,16H,7-10H2,1-2H3/t16-/m0/s1. The van der Waals surface area contributed by atoms with Gasteiger partial charge in [0.1, 0.15) is 17.7 Å². The van der Waals surface area contributed by atoms with E-state index in [1.54, 1.807) is 17.0 Å². The van der Waals surface area contributed by atoms with Crippen LogP contribution < -0.4 is 0 Å². The molecule has 2 heterocycles. The van der Waals surface area contributed by atoms with E-state index < -0.39 is 0 Å². The van der Waals surface area contributed by atoms with Crippen LogP contribution in [-0.2, 0) is 16.0 Å². The molecule has 0 unspecified atom stereocenters. The second-order valence-corrected chi connectivity index (χ2v) is 5.73. The third-order valence-electron chi connectivity index (χ3n) is 4.17. The molecule has 0 saturated carbocycles. The number of carbonyl (C=O) groups excluding carboxylic acids is 1. The van der Waals surface area contributed by atoms with Crippen LogP contribution >= 0.6 is 0 Å². The highest BCUT2D eigenvalue weighted by Crippen LogP contribution is 2.23. The number of nitrogens with zero attached hydrogens (tertiary/aromatic N) is 2. The molecule has 2 aromatic rings. The number of benzene rings is 1. The van der Waals surface area contributed by atoms with E-state index in [0.29, 0.717) is 25.5 Å². The third-order valence-corrected chi connectivity index (χ3v) is 4.17. The molecule has 0 radical (unpaired) electrons. The fourth-order valence-corrected chi connectivity index (χ4v) is 2.77. The van der Waals surface area contributed by atoms with Gasteiger partial charge in [-0.1, -0.05) is 17.3 Å². The van der Waals surface area contributed by atoms with E-state index in [-0.39, 0.29) is 24.2 Å². The molecule has 23 heavy (non-hydrogen) atoms. The van der Waals surface area contributed by atoms with Gasteiger partial charge in [0.2, 0.25) is 5.91 Å². The minimum Gasteiger partial charge on any atom is -0.370 e. The molecule has 0 bridgehead atoms. The Bertz CT molecular complexity index is 677. The van der Waals surface area contributed by atoms with Gasteiger partial charge in [0.05, 0.1) is 25.3 Å². The smallest absolute Gasteiger partial charge is 0.227 e. The summed E-state index contributed by atoms with van der Waals surface area (Å²) in [6, 6.07) is 6.21. The zero-order valence-electron chi connectivity index (χ0n) is 13.2. The van der Waals surface area contributed by atoms with E-state index in [1.807, 2.05) is 13.8 Å². The Morgan fingerprint density at radius 2 is 2.09 bits per heavy atom. The number of hydrogen-bond acceptors (Lipinski definition) is 4. The predicted octanol–water partition coefficient (Wildman–Crippen LogP) is 2.57. The molecule has 0 N–H and O–H groups in total. The van der Waals surface area contributed by atoms with Crippen molar-refractivity contribution in [1.82, 2.24) is 10.1 Å². The first kappa shape index (κ1) is 15.7.